The number of nitro benzene ring substituents is 1. The Bertz CT molecular complexity index is 898. The zero-order valence-corrected chi connectivity index (χ0v) is 15.9. The summed E-state index contributed by atoms with van der Waals surface area (Å²) >= 11 is 5.73. The molecule has 0 unspecified atom stereocenters. The lowest BCUT2D eigenvalue weighted by atomic mass is 10.1. The maximum atomic E-state index is 12.4. The van der Waals surface area contributed by atoms with E-state index in [1.54, 1.807) is 0 Å². The highest BCUT2D eigenvalue weighted by Crippen LogP contribution is 2.26. The molecule has 2 aromatic carbocycles. The van der Waals surface area contributed by atoms with Crippen molar-refractivity contribution in [3.63, 3.8) is 0 Å². The normalized spacial score (nSPS) is 11.6. The Kier molecular flexibility index (Phi) is 6.52. The van der Waals surface area contributed by atoms with Crippen LogP contribution >= 0.6 is 11.6 Å². The second-order valence-electron chi connectivity index (χ2n) is 5.92. The number of amides is 1. The summed E-state index contributed by atoms with van der Waals surface area (Å²) in [5, 5.41) is 13.6. The van der Waals surface area contributed by atoms with Crippen molar-refractivity contribution in [2.24, 2.45) is 0 Å². The third kappa shape index (κ3) is 4.83. The van der Waals surface area contributed by atoms with E-state index in [2.05, 4.69) is 5.32 Å². The molecule has 1 atom stereocenters. The number of nitrogens with zero attached hydrogens (tertiary/aromatic N) is 1. The van der Waals surface area contributed by atoms with Gasteiger partial charge in [-0.05, 0) is 43.5 Å². The number of anilines is 1. The van der Waals surface area contributed by atoms with Gasteiger partial charge in [0.25, 0.3) is 11.6 Å². The number of para-hydroxylation sites is 1. The van der Waals surface area contributed by atoms with Crippen molar-refractivity contribution >= 4 is 34.9 Å². The van der Waals surface area contributed by atoms with Gasteiger partial charge in [0.15, 0.2) is 6.10 Å². The molecule has 0 saturated carbocycles. The van der Waals surface area contributed by atoms with E-state index >= 15 is 0 Å². The second-order valence-corrected chi connectivity index (χ2v) is 6.33. The van der Waals surface area contributed by atoms with Crippen LogP contribution in [-0.2, 0) is 16.0 Å². The Morgan fingerprint density at radius 3 is 2.63 bits per heavy atom. The van der Waals surface area contributed by atoms with E-state index < -0.39 is 28.6 Å². The SMILES string of the molecule is CCc1cccc(C)c1NC(=O)[C@@H](C)OC(=O)c1ccc(Cl)c([N+](=O)[O-])c1. The minimum absolute atomic E-state index is 0.0594. The molecule has 0 spiro atoms. The van der Waals surface area contributed by atoms with Crippen LogP contribution in [0.2, 0.25) is 5.02 Å². The van der Waals surface area contributed by atoms with Crippen LogP contribution in [0.25, 0.3) is 0 Å². The number of aryl methyl sites for hydroxylation is 2. The first-order valence-electron chi connectivity index (χ1n) is 8.28. The van der Waals surface area contributed by atoms with Gasteiger partial charge in [-0.25, -0.2) is 4.79 Å². The monoisotopic (exact) mass is 390 g/mol. The molecule has 2 aromatic rings. The predicted molar refractivity (Wildman–Crippen MR) is 102 cm³/mol. The first-order chi connectivity index (χ1) is 12.7. The average Bonchev–Trinajstić information content (AvgIpc) is 2.63. The Balaban J connectivity index is 2.12. The van der Waals surface area contributed by atoms with E-state index in [1.165, 1.54) is 19.1 Å². The predicted octanol–water partition coefficient (Wildman–Crippen LogP) is 4.30. The number of esters is 1. The van der Waals surface area contributed by atoms with E-state index in [0.29, 0.717) is 5.69 Å². The van der Waals surface area contributed by atoms with Crippen LogP contribution in [0.1, 0.15) is 35.3 Å². The molecule has 0 aromatic heterocycles. The number of rotatable bonds is 6. The van der Waals surface area contributed by atoms with Gasteiger partial charge in [-0.15, -0.1) is 0 Å². The van der Waals surface area contributed by atoms with E-state index in [9.17, 15) is 19.7 Å². The molecule has 7 nitrogen and oxygen atoms in total. The molecule has 0 aliphatic heterocycles. The Morgan fingerprint density at radius 1 is 1.30 bits per heavy atom. The third-order valence-electron chi connectivity index (χ3n) is 4.02. The minimum atomic E-state index is -1.09. The highest BCUT2D eigenvalue weighted by Gasteiger charge is 2.22. The third-order valence-corrected chi connectivity index (χ3v) is 4.34. The molecular formula is C19H19ClN2O5. The number of nitro groups is 1. The van der Waals surface area contributed by atoms with Gasteiger partial charge in [0.1, 0.15) is 5.02 Å². The molecule has 0 bridgehead atoms. The lowest BCUT2D eigenvalue weighted by molar-refractivity contribution is -0.384. The number of nitrogens with one attached hydrogen (secondary N) is 1. The van der Waals surface area contributed by atoms with Crippen LogP contribution < -0.4 is 5.32 Å². The highest BCUT2D eigenvalue weighted by molar-refractivity contribution is 6.32. The molecule has 0 aliphatic carbocycles. The molecule has 0 fully saturated rings. The molecule has 0 heterocycles. The number of halogens is 1. The molecule has 0 saturated heterocycles. The van der Waals surface area contributed by atoms with Gasteiger partial charge < -0.3 is 10.1 Å². The summed E-state index contributed by atoms with van der Waals surface area (Å²) in [6.07, 6.45) is -0.351. The number of benzene rings is 2. The van der Waals surface area contributed by atoms with Gasteiger partial charge in [-0.2, -0.15) is 0 Å². The number of carbonyl (C=O) groups excluding carboxylic acids is 2. The van der Waals surface area contributed by atoms with Crippen molar-refractivity contribution in [3.8, 4) is 0 Å². The summed E-state index contributed by atoms with van der Waals surface area (Å²) in [7, 11) is 0. The molecule has 0 aliphatic rings. The summed E-state index contributed by atoms with van der Waals surface area (Å²) in [6.45, 7) is 5.28. The van der Waals surface area contributed by atoms with Crippen molar-refractivity contribution in [2.45, 2.75) is 33.3 Å². The van der Waals surface area contributed by atoms with Gasteiger partial charge in [-0.3, -0.25) is 14.9 Å². The number of carbonyl (C=O) groups is 2. The highest BCUT2D eigenvalue weighted by atomic mass is 35.5. The van der Waals surface area contributed by atoms with Crippen molar-refractivity contribution in [1.82, 2.24) is 0 Å². The zero-order valence-electron chi connectivity index (χ0n) is 15.1. The maximum absolute atomic E-state index is 12.4. The standard InChI is InChI=1S/C19H19ClN2O5/c1-4-13-7-5-6-11(2)17(13)21-18(23)12(3)27-19(24)14-8-9-15(20)16(10-14)22(25)26/h5-10,12H,4H2,1-3H3,(H,21,23)/t12-/m1/s1. The minimum Gasteiger partial charge on any atom is -0.449 e. The summed E-state index contributed by atoms with van der Waals surface area (Å²) in [6, 6.07) is 9.25. The van der Waals surface area contributed by atoms with Crippen molar-refractivity contribution in [3.05, 3.63) is 68.2 Å². The van der Waals surface area contributed by atoms with Crippen LogP contribution in [0.15, 0.2) is 36.4 Å². The fourth-order valence-corrected chi connectivity index (χ4v) is 2.68. The molecule has 2 rings (SSSR count). The van der Waals surface area contributed by atoms with Crippen LogP contribution in [-0.4, -0.2) is 22.9 Å². The fraction of sp³-hybridized carbons (Fsp3) is 0.263. The first-order valence-corrected chi connectivity index (χ1v) is 8.66. The fourth-order valence-electron chi connectivity index (χ4n) is 2.49. The van der Waals surface area contributed by atoms with Crippen LogP contribution in [0.3, 0.4) is 0 Å². The van der Waals surface area contributed by atoms with Crippen LogP contribution in [0.4, 0.5) is 11.4 Å². The summed E-state index contributed by atoms with van der Waals surface area (Å²) in [4.78, 5) is 34.9. The van der Waals surface area contributed by atoms with E-state index in [4.69, 9.17) is 16.3 Å². The van der Waals surface area contributed by atoms with E-state index in [1.807, 2.05) is 32.0 Å². The number of hydrogen-bond acceptors (Lipinski definition) is 5. The van der Waals surface area contributed by atoms with E-state index in [-0.39, 0.29) is 10.6 Å². The number of ether oxygens (including phenoxy) is 1. The Hall–Kier alpha value is -2.93. The Labute approximate surface area is 161 Å². The topological polar surface area (TPSA) is 98.5 Å². The van der Waals surface area contributed by atoms with Crippen LogP contribution in [0, 0.1) is 17.0 Å². The molecule has 27 heavy (non-hydrogen) atoms. The Morgan fingerprint density at radius 2 is 2.00 bits per heavy atom. The van der Waals surface area contributed by atoms with Gasteiger partial charge in [-0.1, -0.05) is 36.7 Å². The van der Waals surface area contributed by atoms with Crippen LogP contribution in [0.5, 0.6) is 0 Å². The second kappa shape index (κ2) is 8.64. The molecule has 1 N–H and O–H groups in total. The van der Waals surface area contributed by atoms with Gasteiger partial charge >= 0.3 is 5.97 Å². The zero-order chi connectivity index (χ0) is 20.1. The van der Waals surface area contributed by atoms with Crippen molar-refractivity contribution in [2.75, 3.05) is 5.32 Å². The maximum Gasteiger partial charge on any atom is 0.339 e. The van der Waals surface area contributed by atoms with Gasteiger partial charge in [0.05, 0.1) is 10.5 Å². The number of hydrogen-bond donors (Lipinski definition) is 1. The average molecular weight is 391 g/mol. The molecule has 142 valence electrons. The summed E-state index contributed by atoms with van der Waals surface area (Å²) in [5.74, 6) is -1.34. The molecule has 0 radical (unpaired) electrons. The largest absolute Gasteiger partial charge is 0.449 e. The van der Waals surface area contributed by atoms with Gasteiger partial charge in [0.2, 0.25) is 0 Å². The van der Waals surface area contributed by atoms with Crippen molar-refractivity contribution in [1.29, 1.82) is 0 Å². The first kappa shape index (κ1) is 20.4. The smallest absolute Gasteiger partial charge is 0.339 e. The van der Waals surface area contributed by atoms with Crippen molar-refractivity contribution < 1.29 is 19.2 Å². The van der Waals surface area contributed by atoms with E-state index in [0.717, 1.165) is 23.6 Å². The molecular weight excluding hydrogens is 372 g/mol. The molecule has 8 heteroatoms. The molecule has 1 amide bonds. The quantitative estimate of drug-likeness (QED) is 0.450. The van der Waals surface area contributed by atoms with Gasteiger partial charge in [0, 0.05) is 11.8 Å². The lowest BCUT2D eigenvalue weighted by Gasteiger charge is -2.17. The lowest BCUT2D eigenvalue weighted by Crippen LogP contribution is -2.30. The summed E-state index contributed by atoms with van der Waals surface area (Å²) < 4.78 is 5.14. The summed E-state index contributed by atoms with van der Waals surface area (Å²) in [5.41, 5.74) is 2.09.